The van der Waals surface area contributed by atoms with Gasteiger partial charge in [0.25, 0.3) is 0 Å². The SMILES string of the molecule is N#Cc1cccc(NCCc2nnc(-c3ccccc3)o2)c1. The van der Waals surface area contributed by atoms with Crippen LogP contribution in [0.1, 0.15) is 11.5 Å². The second-order valence-corrected chi connectivity index (χ2v) is 4.74. The third-order valence-electron chi connectivity index (χ3n) is 3.15. The summed E-state index contributed by atoms with van der Waals surface area (Å²) in [5.41, 5.74) is 2.45. The molecule has 5 heteroatoms. The van der Waals surface area contributed by atoms with Crippen molar-refractivity contribution in [2.75, 3.05) is 11.9 Å². The highest BCUT2D eigenvalue weighted by Gasteiger charge is 2.07. The first kappa shape index (κ1) is 13.8. The van der Waals surface area contributed by atoms with Crippen molar-refractivity contribution >= 4 is 5.69 Å². The van der Waals surface area contributed by atoms with Gasteiger partial charge < -0.3 is 9.73 Å². The standard InChI is InChI=1S/C17H14N4O/c18-12-13-5-4-8-15(11-13)19-10-9-16-20-21-17(22-16)14-6-2-1-3-7-14/h1-8,11,19H,9-10H2. The first-order chi connectivity index (χ1) is 10.8. The van der Waals surface area contributed by atoms with Gasteiger partial charge in [0, 0.05) is 24.2 Å². The number of nitrogens with one attached hydrogen (secondary N) is 1. The zero-order chi connectivity index (χ0) is 15.2. The van der Waals surface area contributed by atoms with E-state index in [2.05, 4.69) is 21.6 Å². The van der Waals surface area contributed by atoms with Crippen LogP contribution in [0.4, 0.5) is 5.69 Å². The monoisotopic (exact) mass is 290 g/mol. The van der Waals surface area contributed by atoms with Crippen LogP contribution in [-0.4, -0.2) is 16.7 Å². The van der Waals surface area contributed by atoms with E-state index in [0.717, 1.165) is 11.3 Å². The molecule has 0 atom stereocenters. The van der Waals surface area contributed by atoms with Crippen molar-refractivity contribution in [3.63, 3.8) is 0 Å². The lowest BCUT2D eigenvalue weighted by Gasteiger charge is -2.04. The average molecular weight is 290 g/mol. The first-order valence-electron chi connectivity index (χ1n) is 6.97. The van der Waals surface area contributed by atoms with E-state index in [9.17, 15) is 0 Å². The van der Waals surface area contributed by atoms with Crippen LogP contribution in [0.15, 0.2) is 59.0 Å². The Hall–Kier alpha value is -3.13. The van der Waals surface area contributed by atoms with Crippen molar-refractivity contribution in [3.05, 3.63) is 66.1 Å². The second-order valence-electron chi connectivity index (χ2n) is 4.74. The summed E-state index contributed by atoms with van der Waals surface area (Å²) in [4.78, 5) is 0. The summed E-state index contributed by atoms with van der Waals surface area (Å²) in [5.74, 6) is 1.12. The summed E-state index contributed by atoms with van der Waals surface area (Å²) in [6, 6.07) is 19.1. The Morgan fingerprint density at radius 2 is 1.91 bits per heavy atom. The van der Waals surface area contributed by atoms with Crippen LogP contribution in [-0.2, 0) is 6.42 Å². The minimum absolute atomic E-state index is 0.530. The lowest BCUT2D eigenvalue weighted by atomic mass is 10.2. The molecule has 0 amide bonds. The maximum absolute atomic E-state index is 8.87. The summed E-state index contributed by atoms with van der Waals surface area (Å²) < 4.78 is 5.64. The van der Waals surface area contributed by atoms with Gasteiger partial charge in [-0.15, -0.1) is 10.2 Å². The van der Waals surface area contributed by atoms with Gasteiger partial charge in [-0.05, 0) is 30.3 Å². The van der Waals surface area contributed by atoms with E-state index in [-0.39, 0.29) is 0 Å². The van der Waals surface area contributed by atoms with Crippen LogP contribution < -0.4 is 5.32 Å². The van der Waals surface area contributed by atoms with Gasteiger partial charge in [0.15, 0.2) is 0 Å². The van der Waals surface area contributed by atoms with Gasteiger partial charge in [0.2, 0.25) is 11.8 Å². The Bertz CT molecular complexity index is 790. The van der Waals surface area contributed by atoms with Crippen molar-refractivity contribution < 1.29 is 4.42 Å². The molecule has 0 aliphatic heterocycles. The van der Waals surface area contributed by atoms with Crippen LogP contribution >= 0.6 is 0 Å². The second kappa shape index (κ2) is 6.55. The average Bonchev–Trinajstić information content (AvgIpc) is 3.05. The number of benzene rings is 2. The molecule has 5 nitrogen and oxygen atoms in total. The zero-order valence-corrected chi connectivity index (χ0v) is 11.9. The summed E-state index contributed by atoms with van der Waals surface area (Å²) in [6.07, 6.45) is 0.622. The highest BCUT2D eigenvalue weighted by atomic mass is 16.4. The van der Waals surface area contributed by atoms with E-state index in [4.69, 9.17) is 9.68 Å². The van der Waals surface area contributed by atoms with Crippen LogP contribution in [0.5, 0.6) is 0 Å². The van der Waals surface area contributed by atoms with Crippen molar-refractivity contribution in [2.45, 2.75) is 6.42 Å². The molecule has 0 saturated heterocycles. The van der Waals surface area contributed by atoms with Crippen LogP contribution in [0, 0.1) is 11.3 Å². The number of rotatable bonds is 5. The van der Waals surface area contributed by atoms with Gasteiger partial charge in [-0.1, -0.05) is 24.3 Å². The van der Waals surface area contributed by atoms with Gasteiger partial charge in [0.05, 0.1) is 11.6 Å². The Morgan fingerprint density at radius 1 is 1.05 bits per heavy atom. The third-order valence-corrected chi connectivity index (χ3v) is 3.15. The fourth-order valence-electron chi connectivity index (χ4n) is 2.06. The van der Waals surface area contributed by atoms with Gasteiger partial charge in [0.1, 0.15) is 0 Å². The maximum atomic E-state index is 8.87. The molecule has 0 saturated carbocycles. The van der Waals surface area contributed by atoms with Crippen molar-refractivity contribution in [2.24, 2.45) is 0 Å². The van der Waals surface area contributed by atoms with E-state index < -0.39 is 0 Å². The Morgan fingerprint density at radius 3 is 2.73 bits per heavy atom. The minimum Gasteiger partial charge on any atom is -0.421 e. The number of anilines is 1. The molecule has 1 N–H and O–H groups in total. The molecular formula is C17H14N4O. The van der Waals surface area contributed by atoms with Gasteiger partial charge in [-0.3, -0.25) is 0 Å². The quantitative estimate of drug-likeness (QED) is 0.780. The third kappa shape index (κ3) is 3.30. The number of hydrogen-bond donors (Lipinski definition) is 1. The molecule has 0 spiro atoms. The van der Waals surface area contributed by atoms with Crippen LogP contribution in [0.25, 0.3) is 11.5 Å². The predicted molar refractivity (Wildman–Crippen MR) is 83.1 cm³/mol. The van der Waals surface area contributed by atoms with E-state index in [1.165, 1.54) is 0 Å². The molecular weight excluding hydrogens is 276 g/mol. The topological polar surface area (TPSA) is 74.7 Å². The summed E-state index contributed by atoms with van der Waals surface area (Å²) in [6.45, 7) is 0.658. The van der Waals surface area contributed by atoms with Gasteiger partial charge in [-0.2, -0.15) is 5.26 Å². The molecule has 0 radical (unpaired) electrons. The van der Waals surface area contributed by atoms with Crippen molar-refractivity contribution in [1.82, 2.24) is 10.2 Å². The molecule has 1 aromatic heterocycles. The van der Waals surface area contributed by atoms with Crippen LogP contribution in [0.3, 0.4) is 0 Å². The molecule has 22 heavy (non-hydrogen) atoms. The smallest absolute Gasteiger partial charge is 0.247 e. The molecule has 0 aliphatic rings. The normalized spacial score (nSPS) is 10.1. The molecule has 3 aromatic rings. The molecule has 108 valence electrons. The lowest BCUT2D eigenvalue weighted by Crippen LogP contribution is -2.05. The Kier molecular flexibility index (Phi) is 4.12. The zero-order valence-electron chi connectivity index (χ0n) is 11.9. The number of nitrogens with zero attached hydrogens (tertiary/aromatic N) is 3. The van der Waals surface area contributed by atoms with E-state index >= 15 is 0 Å². The van der Waals surface area contributed by atoms with E-state index in [0.29, 0.717) is 30.3 Å². The highest BCUT2D eigenvalue weighted by Crippen LogP contribution is 2.17. The Balaban J connectivity index is 1.58. The predicted octanol–water partition coefficient (Wildman–Crippen LogP) is 3.26. The summed E-state index contributed by atoms with van der Waals surface area (Å²) in [5, 5.41) is 20.2. The maximum Gasteiger partial charge on any atom is 0.247 e. The molecule has 0 aliphatic carbocycles. The number of hydrogen-bond acceptors (Lipinski definition) is 5. The summed E-state index contributed by atoms with van der Waals surface area (Å²) in [7, 11) is 0. The number of aromatic nitrogens is 2. The largest absolute Gasteiger partial charge is 0.421 e. The molecule has 0 unspecified atom stereocenters. The number of nitriles is 1. The minimum atomic E-state index is 0.530. The molecule has 1 heterocycles. The fourth-order valence-corrected chi connectivity index (χ4v) is 2.06. The van der Waals surface area contributed by atoms with Crippen molar-refractivity contribution in [3.8, 4) is 17.5 Å². The van der Waals surface area contributed by atoms with Crippen molar-refractivity contribution in [1.29, 1.82) is 5.26 Å². The Labute approximate surface area is 128 Å². The first-order valence-corrected chi connectivity index (χ1v) is 6.97. The lowest BCUT2D eigenvalue weighted by molar-refractivity contribution is 0.509. The van der Waals surface area contributed by atoms with Crippen LogP contribution in [0.2, 0.25) is 0 Å². The molecule has 2 aromatic carbocycles. The van der Waals surface area contributed by atoms with Gasteiger partial charge in [-0.25, -0.2) is 0 Å². The van der Waals surface area contributed by atoms with Gasteiger partial charge >= 0.3 is 0 Å². The van der Waals surface area contributed by atoms with E-state index in [1.54, 1.807) is 6.07 Å². The summed E-state index contributed by atoms with van der Waals surface area (Å²) >= 11 is 0. The fraction of sp³-hybridized carbons (Fsp3) is 0.118. The molecule has 3 rings (SSSR count). The molecule has 0 fully saturated rings. The highest BCUT2D eigenvalue weighted by molar-refractivity contribution is 5.52. The molecule has 0 bridgehead atoms. The van der Waals surface area contributed by atoms with E-state index in [1.807, 2.05) is 48.5 Å².